The molecular weight excluding hydrogens is 208 g/mol. The zero-order valence-corrected chi connectivity index (χ0v) is 8.28. The highest BCUT2D eigenvalue weighted by atomic mass is 16.4. The molecule has 0 aliphatic heterocycles. The molecule has 0 aliphatic carbocycles. The molecule has 7 heteroatoms. The molecule has 0 fully saturated rings. The lowest BCUT2D eigenvalue weighted by Crippen LogP contribution is -2.40. The zero-order chi connectivity index (χ0) is 12.4. The Morgan fingerprint density at radius 2 is 1.73 bits per heavy atom. The summed E-state index contributed by atoms with van der Waals surface area (Å²) in [6.45, 7) is 0.911. The first-order valence-corrected chi connectivity index (χ1v) is 4.22. The normalized spacial score (nSPS) is 15.5. The Bertz CT molecular complexity index is 182. The van der Waals surface area contributed by atoms with Crippen LogP contribution in [0.4, 0.5) is 0 Å². The second kappa shape index (κ2) is 9.53. The van der Waals surface area contributed by atoms with Gasteiger partial charge in [0.1, 0.15) is 18.3 Å². The molecule has 0 bridgehead atoms. The van der Waals surface area contributed by atoms with Gasteiger partial charge in [-0.15, -0.1) is 0 Å². The van der Waals surface area contributed by atoms with Gasteiger partial charge < -0.3 is 30.3 Å². The number of carbonyl (C=O) groups excluding carboxylic acids is 1. The van der Waals surface area contributed by atoms with Gasteiger partial charge >= 0.3 is 5.97 Å². The van der Waals surface area contributed by atoms with Crippen LogP contribution < -0.4 is 0 Å². The van der Waals surface area contributed by atoms with Gasteiger partial charge in [0, 0.05) is 6.42 Å². The predicted molar refractivity (Wildman–Crippen MR) is 49.1 cm³/mol. The maximum absolute atomic E-state index is 9.76. The third-order valence-electron chi connectivity index (χ3n) is 1.37. The van der Waals surface area contributed by atoms with Crippen LogP contribution in [0.2, 0.25) is 0 Å². The number of aliphatic hydroxyl groups excluding tert-OH is 4. The van der Waals surface area contributed by atoms with Crippen molar-refractivity contribution in [3.8, 4) is 0 Å². The molecule has 0 saturated heterocycles. The van der Waals surface area contributed by atoms with Gasteiger partial charge in [0.15, 0.2) is 6.29 Å². The van der Waals surface area contributed by atoms with E-state index in [0.717, 1.165) is 0 Å². The minimum absolute atomic E-state index is 0.0869. The molecule has 0 unspecified atom stereocenters. The van der Waals surface area contributed by atoms with Gasteiger partial charge in [0.2, 0.25) is 0 Å². The van der Waals surface area contributed by atoms with Crippen LogP contribution in [0.15, 0.2) is 0 Å². The molecule has 0 spiro atoms. The fraction of sp³-hybridized carbons (Fsp3) is 0.750. The highest BCUT2D eigenvalue weighted by Gasteiger charge is 2.22. The molecule has 0 aliphatic rings. The van der Waals surface area contributed by atoms with E-state index in [1.54, 1.807) is 6.92 Å². The van der Waals surface area contributed by atoms with Crippen molar-refractivity contribution in [2.24, 2.45) is 0 Å². The lowest BCUT2D eigenvalue weighted by Gasteiger charge is -2.16. The first-order chi connectivity index (χ1) is 6.90. The first kappa shape index (κ1) is 16.4. The maximum Gasteiger partial charge on any atom is 0.303 e. The van der Waals surface area contributed by atoms with E-state index in [-0.39, 0.29) is 12.7 Å². The number of carboxylic acid groups (broad SMARTS) is 1. The molecule has 90 valence electrons. The molecule has 0 aromatic carbocycles. The average Bonchev–Trinajstić information content (AvgIpc) is 2.26. The molecule has 0 heterocycles. The molecular formula is C8H16O7. The monoisotopic (exact) mass is 224 g/mol. The van der Waals surface area contributed by atoms with E-state index in [1.165, 1.54) is 0 Å². The van der Waals surface area contributed by atoms with E-state index in [4.69, 9.17) is 25.5 Å². The van der Waals surface area contributed by atoms with Gasteiger partial charge in [0.05, 0.1) is 6.61 Å². The van der Waals surface area contributed by atoms with Crippen molar-refractivity contribution < 1.29 is 35.1 Å². The summed E-state index contributed by atoms with van der Waals surface area (Å²) >= 11 is 0. The van der Waals surface area contributed by atoms with Crippen molar-refractivity contribution in [3.63, 3.8) is 0 Å². The Labute approximate surface area is 86.6 Å². The average molecular weight is 224 g/mol. The van der Waals surface area contributed by atoms with Crippen LogP contribution in [0.1, 0.15) is 13.3 Å². The number of rotatable bonds is 5. The van der Waals surface area contributed by atoms with E-state index < -0.39 is 30.9 Å². The van der Waals surface area contributed by atoms with Gasteiger partial charge in [-0.3, -0.25) is 4.79 Å². The number of carboxylic acids is 1. The van der Waals surface area contributed by atoms with Crippen LogP contribution >= 0.6 is 0 Å². The van der Waals surface area contributed by atoms with Crippen molar-refractivity contribution in [1.29, 1.82) is 0 Å². The molecule has 0 amide bonds. The summed E-state index contributed by atoms with van der Waals surface area (Å²) in [4.78, 5) is 19.1. The highest BCUT2D eigenvalue weighted by Crippen LogP contribution is 1.96. The summed E-state index contributed by atoms with van der Waals surface area (Å²) in [6.07, 6.45) is -4.41. The van der Waals surface area contributed by atoms with Gasteiger partial charge in [-0.1, -0.05) is 6.92 Å². The van der Waals surface area contributed by atoms with Crippen LogP contribution in [-0.2, 0) is 9.59 Å². The summed E-state index contributed by atoms with van der Waals surface area (Å²) in [6, 6.07) is 0. The molecule has 0 radical (unpaired) electrons. The van der Waals surface area contributed by atoms with Gasteiger partial charge in [-0.25, -0.2) is 0 Å². The maximum atomic E-state index is 9.76. The number of hydrogen-bond acceptors (Lipinski definition) is 6. The van der Waals surface area contributed by atoms with Crippen molar-refractivity contribution >= 4 is 12.3 Å². The van der Waals surface area contributed by atoms with Gasteiger partial charge in [-0.2, -0.15) is 0 Å². The number of hydrogen-bond donors (Lipinski definition) is 5. The van der Waals surface area contributed by atoms with E-state index in [9.17, 15) is 9.59 Å². The summed E-state index contributed by atoms with van der Waals surface area (Å²) in [7, 11) is 0. The molecule has 15 heavy (non-hydrogen) atoms. The van der Waals surface area contributed by atoms with Crippen LogP contribution in [0.25, 0.3) is 0 Å². The zero-order valence-electron chi connectivity index (χ0n) is 8.28. The summed E-state index contributed by atoms with van der Waals surface area (Å²) in [5, 5.41) is 41.8. The topological polar surface area (TPSA) is 135 Å². The standard InChI is InChI=1S/C5H10O5.C3H6O2/c6-1-3(8)5(10)4(9)2-7;1-2-3(4)5/h1,3-5,7-10H,2H2;2H2,1H3,(H,4,5)/t3-,4+,5+;/m0./s1. The van der Waals surface area contributed by atoms with Crippen molar-refractivity contribution in [2.45, 2.75) is 31.7 Å². The Balaban J connectivity index is 0. The van der Waals surface area contributed by atoms with E-state index >= 15 is 0 Å². The Kier molecular flexibility index (Phi) is 10.4. The minimum atomic E-state index is -1.64. The molecule has 3 atom stereocenters. The molecule has 7 nitrogen and oxygen atoms in total. The SMILES string of the molecule is CCC(=O)O.O=C[C@H](O)[C@@H](O)[C@H](O)CO. The lowest BCUT2D eigenvalue weighted by molar-refractivity contribution is -0.136. The highest BCUT2D eigenvalue weighted by molar-refractivity contribution is 5.66. The molecule has 0 aromatic heterocycles. The Hall–Kier alpha value is -1.02. The Morgan fingerprint density at radius 1 is 1.33 bits per heavy atom. The Morgan fingerprint density at radius 3 is 1.93 bits per heavy atom. The molecule has 0 aromatic rings. The third kappa shape index (κ3) is 9.29. The quantitative estimate of drug-likeness (QED) is 0.332. The first-order valence-electron chi connectivity index (χ1n) is 4.22. The fourth-order valence-electron chi connectivity index (χ4n) is 0.416. The fourth-order valence-corrected chi connectivity index (χ4v) is 0.416. The largest absolute Gasteiger partial charge is 0.481 e. The van der Waals surface area contributed by atoms with Crippen LogP contribution in [0.5, 0.6) is 0 Å². The van der Waals surface area contributed by atoms with E-state index in [1.807, 2.05) is 0 Å². The molecule has 0 saturated carbocycles. The number of aliphatic hydroxyl groups is 4. The molecule has 5 N–H and O–H groups in total. The number of aldehydes is 1. The molecule has 0 rings (SSSR count). The van der Waals surface area contributed by atoms with Crippen LogP contribution in [-0.4, -0.2) is 62.7 Å². The van der Waals surface area contributed by atoms with Crippen molar-refractivity contribution in [3.05, 3.63) is 0 Å². The number of carbonyl (C=O) groups is 2. The number of aliphatic carboxylic acids is 1. The lowest BCUT2D eigenvalue weighted by atomic mass is 10.1. The van der Waals surface area contributed by atoms with E-state index in [0.29, 0.717) is 0 Å². The van der Waals surface area contributed by atoms with E-state index in [2.05, 4.69) is 0 Å². The minimum Gasteiger partial charge on any atom is -0.481 e. The summed E-state index contributed by atoms with van der Waals surface area (Å²) in [5.74, 6) is -0.745. The summed E-state index contributed by atoms with van der Waals surface area (Å²) < 4.78 is 0. The van der Waals surface area contributed by atoms with Gasteiger partial charge in [-0.05, 0) is 0 Å². The van der Waals surface area contributed by atoms with Crippen LogP contribution in [0, 0.1) is 0 Å². The second-order valence-corrected chi connectivity index (χ2v) is 2.61. The summed E-state index contributed by atoms with van der Waals surface area (Å²) in [5.41, 5.74) is 0. The smallest absolute Gasteiger partial charge is 0.303 e. The second-order valence-electron chi connectivity index (χ2n) is 2.61. The van der Waals surface area contributed by atoms with Crippen molar-refractivity contribution in [2.75, 3.05) is 6.61 Å². The predicted octanol–water partition coefficient (Wildman–Crippen LogP) is -2.26. The van der Waals surface area contributed by atoms with Crippen LogP contribution in [0.3, 0.4) is 0 Å². The van der Waals surface area contributed by atoms with Crippen molar-refractivity contribution in [1.82, 2.24) is 0 Å². The third-order valence-corrected chi connectivity index (χ3v) is 1.37. The van der Waals surface area contributed by atoms with Gasteiger partial charge in [0.25, 0.3) is 0 Å².